The summed E-state index contributed by atoms with van der Waals surface area (Å²) in [5.74, 6) is 0.480. The lowest BCUT2D eigenvalue weighted by atomic mass is 10.1. The number of hydrogen-bond donors (Lipinski definition) is 1. The topological polar surface area (TPSA) is 60.5 Å². The smallest absolute Gasteiger partial charge is 0.258 e. The third kappa shape index (κ3) is 4.55. The third-order valence-electron chi connectivity index (χ3n) is 3.84. The fraction of sp³-hybridized carbons (Fsp3) is 0.200. The summed E-state index contributed by atoms with van der Waals surface area (Å²) in [5, 5.41) is 3.85. The van der Waals surface area contributed by atoms with Gasteiger partial charge in [0.1, 0.15) is 5.75 Å². The highest BCUT2D eigenvalue weighted by Crippen LogP contribution is 2.18. The number of benzene rings is 2. The maximum absolute atomic E-state index is 12.0. The van der Waals surface area contributed by atoms with E-state index in [1.165, 1.54) is 0 Å². The molecule has 0 radical (unpaired) electrons. The second-order valence-electron chi connectivity index (χ2n) is 5.63. The van der Waals surface area contributed by atoms with Gasteiger partial charge in [0, 0.05) is 25.2 Å². The summed E-state index contributed by atoms with van der Waals surface area (Å²) in [6.07, 6.45) is 1.75. The zero-order valence-corrected chi connectivity index (χ0v) is 14.1. The Kier molecular flexibility index (Phi) is 5.59. The molecule has 0 saturated heterocycles. The van der Waals surface area contributed by atoms with Crippen molar-refractivity contribution < 1.29 is 14.3 Å². The summed E-state index contributed by atoms with van der Waals surface area (Å²) in [5.41, 5.74) is 3.00. The van der Waals surface area contributed by atoms with Gasteiger partial charge in [-0.05, 0) is 35.4 Å². The number of nitrogens with zero attached hydrogens (tertiary/aromatic N) is 1. The third-order valence-corrected chi connectivity index (χ3v) is 3.84. The first-order valence-corrected chi connectivity index (χ1v) is 8.06. The molecular formula is C20H20N2O3. The second kappa shape index (κ2) is 8.26. The Morgan fingerprint density at radius 3 is 2.76 bits per heavy atom. The fourth-order valence-corrected chi connectivity index (χ4v) is 2.56. The van der Waals surface area contributed by atoms with Crippen LogP contribution in [0.3, 0.4) is 0 Å². The summed E-state index contributed by atoms with van der Waals surface area (Å²) in [4.78, 5) is 16.3. The van der Waals surface area contributed by atoms with Gasteiger partial charge < -0.3 is 14.8 Å². The van der Waals surface area contributed by atoms with Crippen LogP contribution in [0.2, 0.25) is 0 Å². The van der Waals surface area contributed by atoms with E-state index in [0.717, 1.165) is 22.0 Å². The molecule has 0 saturated carbocycles. The Morgan fingerprint density at radius 1 is 1.08 bits per heavy atom. The summed E-state index contributed by atoms with van der Waals surface area (Å²) in [6, 6.07) is 17.3. The van der Waals surface area contributed by atoms with E-state index in [4.69, 9.17) is 9.47 Å². The molecule has 5 nitrogen and oxygen atoms in total. The van der Waals surface area contributed by atoms with Gasteiger partial charge in [-0.2, -0.15) is 0 Å². The monoisotopic (exact) mass is 336 g/mol. The standard InChI is InChI=1S/C20H20N2O3/c1-24-13-17-6-3-2-5-16(17)12-22-20(23)14-25-18-8-9-19-15(11-18)7-4-10-21-19/h2-11H,12-14H2,1H3,(H,22,23). The van der Waals surface area contributed by atoms with Gasteiger partial charge in [-0.1, -0.05) is 30.3 Å². The van der Waals surface area contributed by atoms with E-state index in [2.05, 4.69) is 10.3 Å². The maximum Gasteiger partial charge on any atom is 0.258 e. The molecule has 1 heterocycles. The lowest BCUT2D eigenvalue weighted by Crippen LogP contribution is -2.28. The molecule has 128 valence electrons. The molecule has 1 N–H and O–H groups in total. The number of ether oxygens (including phenoxy) is 2. The highest BCUT2D eigenvalue weighted by molar-refractivity contribution is 5.80. The number of hydrogen-bond acceptors (Lipinski definition) is 4. The Bertz CT molecular complexity index is 864. The van der Waals surface area contributed by atoms with Crippen LogP contribution >= 0.6 is 0 Å². The number of rotatable bonds is 7. The van der Waals surface area contributed by atoms with Gasteiger partial charge in [0.05, 0.1) is 12.1 Å². The highest BCUT2D eigenvalue weighted by atomic mass is 16.5. The van der Waals surface area contributed by atoms with Gasteiger partial charge in [-0.3, -0.25) is 9.78 Å². The summed E-state index contributed by atoms with van der Waals surface area (Å²) in [6.45, 7) is 0.940. The summed E-state index contributed by atoms with van der Waals surface area (Å²) in [7, 11) is 1.66. The van der Waals surface area contributed by atoms with Crippen molar-refractivity contribution in [1.82, 2.24) is 10.3 Å². The maximum atomic E-state index is 12.0. The van der Waals surface area contributed by atoms with Crippen LogP contribution < -0.4 is 10.1 Å². The number of pyridine rings is 1. The highest BCUT2D eigenvalue weighted by Gasteiger charge is 2.06. The Morgan fingerprint density at radius 2 is 1.92 bits per heavy atom. The van der Waals surface area contributed by atoms with Crippen LogP contribution in [-0.2, 0) is 22.7 Å². The molecule has 0 atom stereocenters. The van der Waals surface area contributed by atoms with E-state index in [-0.39, 0.29) is 12.5 Å². The molecule has 0 fully saturated rings. The Balaban J connectivity index is 1.54. The van der Waals surface area contributed by atoms with Crippen molar-refractivity contribution in [3.05, 3.63) is 71.9 Å². The molecule has 1 aromatic heterocycles. The predicted molar refractivity (Wildman–Crippen MR) is 96.2 cm³/mol. The van der Waals surface area contributed by atoms with Crippen molar-refractivity contribution in [3.63, 3.8) is 0 Å². The van der Waals surface area contributed by atoms with Gasteiger partial charge >= 0.3 is 0 Å². The lowest BCUT2D eigenvalue weighted by molar-refractivity contribution is -0.123. The first kappa shape index (κ1) is 16.9. The molecule has 0 unspecified atom stereocenters. The molecular weight excluding hydrogens is 316 g/mol. The van der Waals surface area contributed by atoms with Gasteiger partial charge in [-0.25, -0.2) is 0 Å². The molecule has 0 bridgehead atoms. The van der Waals surface area contributed by atoms with Crippen molar-refractivity contribution >= 4 is 16.8 Å². The van der Waals surface area contributed by atoms with Gasteiger partial charge in [0.15, 0.2) is 6.61 Å². The average molecular weight is 336 g/mol. The SMILES string of the molecule is COCc1ccccc1CNC(=O)COc1ccc2ncccc2c1. The molecule has 0 aliphatic heterocycles. The number of carbonyl (C=O) groups is 1. The average Bonchev–Trinajstić information content (AvgIpc) is 2.66. The van der Waals surface area contributed by atoms with Crippen LogP contribution in [0, 0.1) is 0 Å². The molecule has 2 aromatic carbocycles. The molecule has 0 aliphatic carbocycles. The van der Waals surface area contributed by atoms with Gasteiger partial charge in [-0.15, -0.1) is 0 Å². The predicted octanol–water partition coefficient (Wildman–Crippen LogP) is 3.08. The summed E-state index contributed by atoms with van der Waals surface area (Å²) >= 11 is 0. The van der Waals surface area contributed by atoms with Crippen molar-refractivity contribution in [1.29, 1.82) is 0 Å². The van der Waals surface area contributed by atoms with Gasteiger partial charge in [0.2, 0.25) is 0 Å². The molecule has 25 heavy (non-hydrogen) atoms. The van der Waals surface area contributed by atoms with Crippen LogP contribution in [0.25, 0.3) is 10.9 Å². The van der Waals surface area contributed by atoms with Crippen molar-refractivity contribution in [2.45, 2.75) is 13.2 Å². The van der Waals surface area contributed by atoms with E-state index in [1.54, 1.807) is 13.3 Å². The molecule has 0 aliphatic rings. The first-order chi connectivity index (χ1) is 12.3. The first-order valence-electron chi connectivity index (χ1n) is 8.06. The van der Waals surface area contributed by atoms with Gasteiger partial charge in [0.25, 0.3) is 5.91 Å². The fourth-order valence-electron chi connectivity index (χ4n) is 2.56. The van der Waals surface area contributed by atoms with Crippen LogP contribution in [0.1, 0.15) is 11.1 Å². The summed E-state index contributed by atoms with van der Waals surface area (Å²) < 4.78 is 10.8. The van der Waals surface area contributed by atoms with Crippen LogP contribution in [0.5, 0.6) is 5.75 Å². The molecule has 3 aromatic rings. The van der Waals surface area contributed by atoms with Crippen molar-refractivity contribution in [3.8, 4) is 5.75 Å². The minimum Gasteiger partial charge on any atom is -0.484 e. The second-order valence-corrected chi connectivity index (χ2v) is 5.63. The lowest BCUT2D eigenvalue weighted by Gasteiger charge is -2.11. The Hall–Kier alpha value is -2.92. The number of fused-ring (bicyclic) bond motifs is 1. The number of methoxy groups -OCH3 is 1. The van der Waals surface area contributed by atoms with E-state index < -0.39 is 0 Å². The minimum absolute atomic E-state index is 0.0296. The largest absolute Gasteiger partial charge is 0.484 e. The van der Waals surface area contributed by atoms with E-state index in [9.17, 15) is 4.79 Å². The van der Waals surface area contributed by atoms with Crippen LogP contribution in [0.15, 0.2) is 60.8 Å². The van der Waals surface area contributed by atoms with Crippen LogP contribution in [-0.4, -0.2) is 24.6 Å². The van der Waals surface area contributed by atoms with E-state index in [0.29, 0.717) is 18.9 Å². The quantitative estimate of drug-likeness (QED) is 0.720. The molecule has 1 amide bonds. The molecule has 0 spiro atoms. The van der Waals surface area contributed by atoms with E-state index >= 15 is 0 Å². The van der Waals surface area contributed by atoms with Crippen molar-refractivity contribution in [2.75, 3.05) is 13.7 Å². The number of amides is 1. The normalized spacial score (nSPS) is 10.6. The number of carbonyl (C=O) groups excluding carboxylic acids is 1. The van der Waals surface area contributed by atoms with E-state index in [1.807, 2.05) is 54.6 Å². The number of aromatic nitrogens is 1. The van der Waals surface area contributed by atoms with Crippen LogP contribution in [0.4, 0.5) is 0 Å². The zero-order valence-electron chi connectivity index (χ0n) is 14.1. The zero-order chi connectivity index (χ0) is 17.5. The number of nitrogens with one attached hydrogen (secondary N) is 1. The Labute approximate surface area is 146 Å². The van der Waals surface area contributed by atoms with Crippen molar-refractivity contribution in [2.24, 2.45) is 0 Å². The molecule has 5 heteroatoms. The molecule has 3 rings (SSSR count). The minimum atomic E-state index is -0.168.